The summed E-state index contributed by atoms with van der Waals surface area (Å²) in [5, 5.41) is 6.05. The van der Waals surface area contributed by atoms with E-state index in [1.54, 1.807) is 12.1 Å². The summed E-state index contributed by atoms with van der Waals surface area (Å²) in [6.45, 7) is 2.06. The van der Waals surface area contributed by atoms with Crippen molar-refractivity contribution in [2.24, 2.45) is 5.73 Å². The Bertz CT molecular complexity index is 801. The van der Waals surface area contributed by atoms with Crippen molar-refractivity contribution in [3.63, 3.8) is 0 Å². The van der Waals surface area contributed by atoms with Gasteiger partial charge in [0.15, 0.2) is 0 Å². The minimum Gasteiger partial charge on any atom is -0.495 e. The van der Waals surface area contributed by atoms with Crippen LogP contribution in [0, 0.1) is 6.92 Å². The van der Waals surface area contributed by atoms with Gasteiger partial charge in [0.25, 0.3) is 0 Å². The third kappa shape index (κ3) is 7.03. The molecule has 0 aliphatic heterocycles. The number of carbonyl (C=O) groups excluding carboxylic acids is 2. The predicted molar refractivity (Wildman–Crippen MR) is 114 cm³/mol. The summed E-state index contributed by atoms with van der Waals surface area (Å²) in [5.74, 6) is 0.0542. The molecule has 8 heteroatoms. The van der Waals surface area contributed by atoms with E-state index in [4.69, 9.17) is 22.1 Å². The Morgan fingerprint density at radius 1 is 1.18 bits per heavy atom. The molecule has 0 aliphatic carbocycles. The van der Waals surface area contributed by atoms with Gasteiger partial charge in [-0.15, -0.1) is 12.4 Å². The molecule has 152 valence electrons. The van der Waals surface area contributed by atoms with Gasteiger partial charge in [0.1, 0.15) is 5.75 Å². The third-order valence-electron chi connectivity index (χ3n) is 4.06. The normalized spacial score (nSPS) is 11.1. The maximum Gasteiger partial charge on any atom is 0.226 e. The van der Waals surface area contributed by atoms with Gasteiger partial charge in [-0.1, -0.05) is 41.9 Å². The summed E-state index contributed by atoms with van der Waals surface area (Å²) in [4.78, 5) is 24.1. The highest BCUT2D eigenvalue weighted by molar-refractivity contribution is 6.31. The maximum atomic E-state index is 12.1. The third-order valence-corrected chi connectivity index (χ3v) is 4.47. The molecule has 1 atom stereocenters. The van der Waals surface area contributed by atoms with Crippen molar-refractivity contribution >= 4 is 41.5 Å². The van der Waals surface area contributed by atoms with Crippen molar-refractivity contribution in [3.8, 4) is 5.75 Å². The van der Waals surface area contributed by atoms with E-state index in [1.807, 2.05) is 37.3 Å². The molecule has 2 amide bonds. The van der Waals surface area contributed by atoms with E-state index in [9.17, 15) is 9.59 Å². The number of amides is 2. The number of ether oxygens (including phenoxy) is 1. The van der Waals surface area contributed by atoms with E-state index in [2.05, 4.69) is 10.6 Å². The topological polar surface area (TPSA) is 93.5 Å². The molecule has 0 radical (unpaired) electrons. The Labute approximate surface area is 176 Å². The number of hydrogen-bond acceptors (Lipinski definition) is 4. The van der Waals surface area contributed by atoms with Crippen molar-refractivity contribution in [2.75, 3.05) is 19.0 Å². The van der Waals surface area contributed by atoms with Crippen LogP contribution in [-0.2, 0) is 9.59 Å². The van der Waals surface area contributed by atoms with E-state index in [1.165, 1.54) is 7.11 Å². The first-order chi connectivity index (χ1) is 12.9. The van der Waals surface area contributed by atoms with Crippen LogP contribution >= 0.6 is 24.0 Å². The Morgan fingerprint density at radius 2 is 1.86 bits per heavy atom. The number of nitrogens with one attached hydrogen (secondary N) is 2. The number of benzene rings is 2. The lowest BCUT2D eigenvalue weighted by molar-refractivity contribution is -0.121. The van der Waals surface area contributed by atoms with E-state index >= 15 is 0 Å². The summed E-state index contributed by atoms with van der Waals surface area (Å²) in [6.07, 6.45) is 0.299. The number of anilines is 1. The Hall–Kier alpha value is -2.28. The maximum absolute atomic E-state index is 12.1. The summed E-state index contributed by atoms with van der Waals surface area (Å²) in [6, 6.07) is 12.4. The molecule has 0 aromatic heterocycles. The lowest BCUT2D eigenvalue weighted by Gasteiger charge is -2.13. The first-order valence-electron chi connectivity index (χ1n) is 8.62. The first kappa shape index (κ1) is 23.8. The van der Waals surface area contributed by atoms with Gasteiger partial charge in [-0.05, 0) is 24.1 Å². The molecule has 4 N–H and O–H groups in total. The van der Waals surface area contributed by atoms with E-state index in [0.29, 0.717) is 16.5 Å². The van der Waals surface area contributed by atoms with Crippen LogP contribution in [0.3, 0.4) is 0 Å². The van der Waals surface area contributed by atoms with Gasteiger partial charge in [-0.2, -0.15) is 0 Å². The van der Waals surface area contributed by atoms with Crippen LogP contribution < -0.4 is 21.1 Å². The Balaban J connectivity index is 0.00000392. The van der Waals surface area contributed by atoms with E-state index < -0.39 is 0 Å². The highest BCUT2D eigenvalue weighted by Gasteiger charge is 2.13. The fraction of sp³-hybridized carbons (Fsp3) is 0.300. The molecule has 1 unspecified atom stereocenters. The van der Waals surface area contributed by atoms with Gasteiger partial charge >= 0.3 is 0 Å². The van der Waals surface area contributed by atoms with Crippen LogP contribution in [0.15, 0.2) is 42.5 Å². The Morgan fingerprint density at radius 3 is 2.50 bits per heavy atom. The molecule has 0 spiro atoms. The number of methoxy groups -OCH3 is 1. The average Bonchev–Trinajstić information content (AvgIpc) is 2.65. The number of rotatable bonds is 8. The van der Waals surface area contributed by atoms with Gasteiger partial charge in [-0.25, -0.2) is 0 Å². The minimum absolute atomic E-state index is 0. The zero-order valence-corrected chi connectivity index (χ0v) is 17.4. The van der Waals surface area contributed by atoms with Crippen LogP contribution in [0.2, 0.25) is 5.02 Å². The predicted octanol–water partition coefficient (Wildman–Crippen LogP) is 3.61. The second-order valence-electron chi connectivity index (χ2n) is 6.17. The standard InChI is InChI=1S/C20H24ClN3O3.ClH/c1-13-10-17(18(27-2)11-15(13)21)24-19(25)8-9-23-20(26)12-16(22)14-6-4-3-5-7-14;/h3-7,10-11,16H,8-9,12,22H2,1-2H3,(H,23,26)(H,24,25);1H. The second kappa shape index (κ2) is 11.5. The highest BCUT2D eigenvalue weighted by Crippen LogP contribution is 2.30. The lowest BCUT2D eigenvalue weighted by Crippen LogP contribution is -2.30. The van der Waals surface area contributed by atoms with Crippen LogP contribution in [0.1, 0.15) is 30.0 Å². The average molecular weight is 426 g/mol. The lowest BCUT2D eigenvalue weighted by atomic mass is 10.0. The largest absolute Gasteiger partial charge is 0.495 e. The number of hydrogen-bond donors (Lipinski definition) is 3. The number of carbonyl (C=O) groups is 2. The molecule has 0 saturated carbocycles. The van der Waals surface area contributed by atoms with Crippen LogP contribution in [0.4, 0.5) is 5.69 Å². The smallest absolute Gasteiger partial charge is 0.226 e. The van der Waals surface area contributed by atoms with Gasteiger partial charge in [-0.3, -0.25) is 9.59 Å². The molecule has 6 nitrogen and oxygen atoms in total. The molecule has 0 saturated heterocycles. The van der Waals surface area contributed by atoms with Crippen molar-refractivity contribution < 1.29 is 14.3 Å². The van der Waals surface area contributed by atoms with Crippen LogP contribution in [0.25, 0.3) is 0 Å². The SMILES string of the molecule is COc1cc(Cl)c(C)cc1NC(=O)CCNC(=O)CC(N)c1ccccc1.Cl. The summed E-state index contributed by atoms with van der Waals surface area (Å²) in [7, 11) is 1.51. The van der Waals surface area contributed by atoms with Crippen LogP contribution in [-0.4, -0.2) is 25.5 Å². The molecule has 2 rings (SSSR count). The van der Waals surface area contributed by atoms with E-state index in [-0.39, 0.29) is 49.6 Å². The zero-order valence-electron chi connectivity index (χ0n) is 15.8. The zero-order chi connectivity index (χ0) is 19.8. The number of aryl methyl sites for hydroxylation is 1. The molecule has 2 aromatic rings. The fourth-order valence-electron chi connectivity index (χ4n) is 2.55. The van der Waals surface area contributed by atoms with Crippen molar-refractivity contribution in [1.29, 1.82) is 0 Å². The molecule has 0 fully saturated rings. The van der Waals surface area contributed by atoms with Gasteiger partial charge in [0.05, 0.1) is 12.8 Å². The van der Waals surface area contributed by atoms with Crippen LogP contribution in [0.5, 0.6) is 5.75 Å². The van der Waals surface area contributed by atoms with Gasteiger partial charge in [0, 0.05) is 36.5 Å². The first-order valence-corrected chi connectivity index (χ1v) is 8.99. The fourth-order valence-corrected chi connectivity index (χ4v) is 2.70. The second-order valence-corrected chi connectivity index (χ2v) is 6.58. The van der Waals surface area contributed by atoms with Crippen molar-refractivity contribution in [1.82, 2.24) is 5.32 Å². The van der Waals surface area contributed by atoms with Crippen molar-refractivity contribution in [2.45, 2.75) is 25.8 Å². The minimum atomic E-state index is -0.374. The molecule has 0 bridgehead atoms. The quantitative estimate of drug-likeness (QED) is 0.601. The molecular weight excluding hydrogens is 401 g/mol. The molecule has 0 aliphatic rings. The molecule has 0 heterocycles. The molecular formula is C20H25Cl2N3O3. The van der Waals surface area contributed by atoms with Crippen molar-refractivity contribution in [3.05, 3.63) is 58.6 Å². The monoisotopic (exact) mass is 425 g/mol. The molecule has 28 heavy (non-hydrogen) atoms. The summed E-state index contributed by atoms with van der Waals surface area (Å²) in [5.41, 5.74) is 8.29. The summed E-state index contributed by atoms with van der Waals surface area (Å²) >= 11 is 6.05. The van der Waals surface area contributed by atoms with E-state index in [0.717, 1.165) is 11.1 Å². The number of halogens is 2. The molecule has 2 aromatic carbocycles. The number of nitrogens with two attached hydrogens (primary N) is 1. The highest BCUT2D eigenvalue weighted by atomic mass is 35.5. The van der Waals surface area contributed by atoms with Gasteiger partial charge in [0.2, 0.25) is 11.8 Å². The Kier molecular flexibility index (Phi) is 9.79. The summed E-state index contributed by atoms with van der Waals surface area (Å²) < 4.78 is 5.23. The van der Waals surface area contributed by atoms with Gasteiger partial charge < -0.3 is 21.1 Å².